The molecule has 0 aliphatic rings. The van der Waals surface area contributed by atoms with E-state index in [1.165, 1.54) is 6.08 Å². The summed E-state index contributed by atoms with van der Waals surface area (Å²) in [7, 11) is -3.59. The van der Waals surface area contributed by atoms with Gasteiger partial charge in [0.25, 0.3) is 0 Å². The van der Waals surface area contributed by atoms with Gasteiger partial charge in [-0.25, -0.2) is 9.88 Å². The van der Waals surface area contributed by atoms with Crippen LogP contribution < -0.4 is 9.61 Å². The zero-order valence-electron chi connectivity index (χ0n) is 20.1. The first-order valence-corrected chi connectivity index (χ1v) is 13.1. The number of esters is 2. The Kier molecular flexibility index (Phi) is 8.85. The average molecular weight is 496 g/mol. The van der Waals surface area contributed by atoms with Gasteiger partial charge in [0.05, 0.1) is 17.8 Å². The van der Waals surface area contributed by atoms with Crippen molar-refractivity contribution in [2.75, 3.05) is 6.61 Å². The van der Waals surface area contributed by atoms with Crippen LogP contribution in [-0.2, 0) is 25.0 Å². The summed E-state index contributed by atoms with van der Waals surface area (Å²) in [5, 5.41) is 4.57. The molecule has 35 heavy (non-hydrogen) atoms. The molecule has 7 nitrogen and oxygen atoms in total. The van der Waals surface area contributed by atoms with Gasteiger partial charge >= 0.3 is 19.5 Å². The molecule has 0 fully saturated rings. The van der Waals surface area contributed by atoms with Crippen LogP contribution in [-0.4, -0.2) is 30.7 Å². The van der Waals surface area contributed by atoms with E-state index >= 15 is 0 Å². The first kappa shape index (κ1) is 26.2. The van der Waals surface area contributed by atoms with Crippen molar-refractivity contribution in [1.82, 2.24) is 5.09 Å². The Labute approximate surface area is 205 Å². The van der Waals surface area contributed by atoms with Gasteiger partial charge in [-0.2, -0.15) is 0 Å². The van der Waals surface area contributed by atoms with E-state index < -0.39 is 25.5 Å². The van der Waals surface area contributed by atoms with E-state index in [0.717, 1.165) is 10.8 Å². The second-order valence-electron chi connectivity index (χ2n) is 8.36. The second-order valence-corrected chi connectivity index (χ2v) is 10.5. The van der Waals surface area contributed by atoms with E-state index in [2.05, 4.69) is 11.7 Å². The molecule has 184 valence electrons. The van der Waals surface area contributed by atoms with E-state index in [-0.39, 0.29) is 18.9 Å². The predicted molar refractivity (Wildman–Crippen MR) is 137 cm³/mol. The first-order valence-electron chi connectivity index (χ1n) is 11.3. The van der Waals surface area contributed by atoms with Crippen LogP contribution in [0.15, 0.2) is 79.4 Å². The Morgan fingerprint density at radius 2 is 1.71 bits per heavy atom. The number of ether oxygens (including phenoxy) is 2. The summed E-state index contributed by atoms with van der Waals surface area (Å²) in [6.07, 6.45) is 1.23. The second kappa shape index (κ2) is 11.8. The Hall–Kier alpha value is -3.41. The smallest absolute Gasteiger partial charge is 0.338 e. The lowest BCUT2D eigenvalue weighted by Crippen LogP contribution is -2.36. The van der Waals surface area contributed by atoms with Crippen LogP contribution in [0.4, 0.5) is 0 Å². The highest BCUT2D eigenvalue weighted by molar-refractivity contribution is 7.56. The lowest BCUT2D eigenvalue weighted by atomic mass is 10.0. The summed E-state index contributed by atoms with van der Waals surface area (Å²) in [4.78, 5) is 24.6. The summed E-state index contributed by atoms with van der Waals surface area (Å²) in [5.74, 6) is -0.548. The molecule has 3 aromatic carbocycles. The van der Waals surface area contributed by atoms with Crippen molar-refractivity contribution in [3.05, 3.63) is 90.5 Å². The fraction of sp³-hybridized carbons (Fsp3) is 0.259. The molecule has 0 heterocycles. The van der Waals surface area contributed by atoms with Crippen LogP contribution in [0.1, 0.15) is 36.7 Å². The summed E-state index contributed by atoms with van der Waals surface area (Å²) >= 11 is 0. The molecule has 0 aliphatic carbocycles. The van der Waals surface area contributed by atoms with Crippen molar-refractivity contribution in [2.24, 2.45) is 0 Å². The number of carbonyl (C=O) groups excluding carboxylic acids is 2. The molecule has 0 spiro atoms. The van der Waals surface area contributed by atoms with Gasteiger partial charge in [0.2, 0.25) is 0 Å². The third-order valence-corrected chi connectivity index (χ3v) is 7.02. The maximum absolute atomic E-state index is 14.0. The van der Waals surface area contributed by atoms with Gasteiger partial charge < -0.3 is 14.0 Å². The van der Waals surface area contributed by atoms with Gasteiger partial charge in [-0.15, -0.1) is 0 Å². The minimum absolute atomic E-state index is 0.0161. The van der Waals surface area contributed by atoms with Gasteiger partial charge in [0.1, 0.15) is 18.4 Å². The molecule has 0 bridgehead atoms. The number of benzene rings is 3. The molecule has 1 N–H and O–H groups in total. The minimum Gasteiger partial charge on any atom is -0.462 e. The highest BCUT2D eigenvalue weighted by atomic mass is 31.2. The molecule has 3 rings (SSSR count). The average Bonchev–Trinajstić information content (AvgIpc) is 2.82. The quantitative estimate of drug-likeness (QED) is 0.202. The lowest BCUT2D eigenvalue weighted by molar-refractivity contribution is -0.149. The van der Waals surface area contributed by atoms with E-state index in [1.807, 2.05) is 30.3 Å². The molecule has 0 aromatic heterocycles. The normalized spacial score (nSPS) is 13.6. The minimum atomic E-state index is -3.59. The van der Waals surface area contributed by atoms with Crippen LogP contribution in [0.25, 0.3) is 10.8 Å². The molecular formula is C27H30NO6P. The number of rotatable bonds is 11. The summed E-state index contributed by atoms with van der Waals surface area (Å²) < 4.78 is 30.2. The van der Waals surface area contributed by atoms with E-state index in [0.29, 0.717) is 16.9 Å². The van der Waals surface area contributed by atoms with Crippen molar-refractivity contribution in [3.63, 3.8) is 0 Å². The monoisotopic (exact) mass is 495 g/mol. The molecule has 1 unspecified atom stereocenters. The van der Waals surface area contributed by atoms with Crippen molar-refractivity contribution in [2.45, 2.75) is 39.1 Å². The maximum Gasteiger partial charge on any atom is 0.338 e. The van der Waals surface area contributed by atoms with Crippen LogP contribution in [0, 0.1) is 0 Å². The fourth-order valence-corrected chi connectivity index (χ4v) is 5.46. The Morgan fingerprint density at radius 3 is 2.40 bits per heavy atom. The standard InChI is InChI=1S/C27H30NO6P/c1-5-15-32-27(30)23-14-13-22-12-11-21(16-24(22)17-23)18-35(31,34-25-9-7-6-8-10-25)28-20(4)26(29)33-19(2)3/h5-14,16-17,19-20H,1,15,18H2,2-4H3,(H,28,31)/t20-,35?/m0/s1. The van der Waals surface area contributed by atoms with Gasteiger partial charge in [-0.3, -0.25) is 9.36 Å². The molecule has 0 aliphatic heterocycles. The number of para-hydroxylation sites is 1. The zero-order chi connectivity index (χ0) is 25.4. The van der Waals surface area contributed by atoms with Crippen molar-refractivity contribution in [1.29, 1.82) is 0 Å². The van der Waals surface area contributed by atoms with Gasteiger partial charge in [-0.05, 0) is 61.4 Å². The molecule has 2 atom stereocenters. The number of nitrogens with one attached hydrogen (secondary N) is 1. The molecule has 0 amide bonds. The summed E-state index contributed by atoms with van der Waals surface area (Å²) in [6, 6.07) is 18.8. The summed E-state index contributed by atoms with van der Waals surface area (Å²) in [6.45, 7) is 8.76. The van der Waals surface area contributed by atoms with E-state index in [9.17, 15) is 14.2 Å². The topological polar surface area (TPSA) is 90.9 Å². The Bertz CT molecular complexity index is 1240. The third-order valence-electron chi connectivity index (χ3n) is 4.96. The van der Waals surface area contributed by atoms with Crippen molar-refractivity contribution in [3.8, 4) is 5.75 Å². The van der Waals surface area contributed by atoms with Gasteiger partial charge in [0, 0.05) is 0 Å². The maximum atomic E-state index is 14.0. The SMILES string of the molecule is C=CCOC(=O)c1ccc2ccc(CP(=O)(N[C@@H](C)C(=O)OC(C)C)Oc3ccccc3)cc2c1. The molecule has 0 saturated heterocycles. The van der Waals surface area contributed by atoms with Crippen LogP contribution in [0.2, 0.25) is 0 Å². The fourth-order valence-electron chi connectivity index (χ4n) is 3.42. The predicted octanol–water partition coefficient (Wildman–Crippen LogP) is 5.88. The third kappa shape index (κ3) is 7.54. The molecule has 8 heteroatoms. The molecule has 0 saturated carbocycles. The van der Waals surface area contributed by atoms with E-state index in [1.54, 1.807) is 57.2 Å². The number of carbonyl (C=O) groups is 2. The van der Waals surface area contributed by atoms with Crippen LogP contribution in [0.3, 0.4) is 0 Å². The number of hydrogen-bond donors (Lipinski definition) is 1. The van der Waals surface area contributed by atoms with Crippen molar-refractivity contribution >= 4 is 30.2 Å². The number of fused-ring (bicyclic) bond motifs is 1. The largest absolute Gasteiger partial charge is 0.462 e. The lowest BCUT2D eigenvalue weighted by Gasteiger charge is -2.24. The van der Waals surface area contributed by atoms with Crippen LogP contribution in [0.5, 0.6) is 5.75 Å². The Balaban J connectivity index is 1.89. The van der Waals surface area contributed by atoms with Gasteiger partial charge in [-0.1, -0.05) is 55.1 Å². The molecule has 3 aromatic rings. The van der Waals surface area contributed by atoms with Crippen molar-refractivity contribution < 1.29 is 28.2 Å². The highest BCUT2D eigenvalue weighted by Crippen LogP contribution is 2.47. The van der Waals surface area contributed by atoms with E-state index in [4.69, 9.17) is 14.0 Å². The Morgan fingerprint density at radius 1 is 1.00 bits per heavy atom. The summed E-state index contributed by atoms with van der Waals surface area (Å²) in [5.41, 5.74) is 1.12. The highest BCUT2D eigenvalue weighted by Gasteiger charge is 2.31. The zero-order valence-corrected chi connectivity index (χ0v) is 21.0. The first-order chi connectivity index (χ1) is 16.7. The van der Waals surface area contributed by atoms with Gasteiger partial charge in [0.15, 0.2) is 0 Å². The van der Waals surface area contributed by atoms with Crippen LogP contribution >= 0.6 is 7.52 Å². The molecular weight excluding hydrogens is 465 g/mol. The molecule has 0 radical (unpaired) electrons. The number of hydrogen-bond acceptors (Lipinski definition) is 6.